The van der Waals surface area contributed by atoms with Crippen molar-refractivity contribution in [2.45, 2.75) is 26.2 Å². The molecular formula is C51H39N3S. The largest absolute Gasteiger partial charge is 0.397 e. The number of aromatic nitrogens is 1. The average Bonchev–Trinajstić information content (AvgIpc) is 3.83. The van der Waals surface area contributed by atoms with Gasteiger partial charge in [0.05, 0.1) is 27.3 Å². The molecule has 264 valence electrons. The van der Waals surface area contributed by atoms with E-state index in [9.17, 15) is 0 Å². The predicted molar refractivity (Wildman–Crippen MR) is 237 cm³/mol. The number of para-hydroxylation sites is 1. The lowest BCUT2D eigenvalue weighted by molar-refractivity contribution is 0.666. The average molecular weight is 726 g/mol. The standard InChI is InChI=1S/C36H27N.C15H12N2S/c1-22-12-16-24(17-13-22)37-31-11-7-5-9-29(31)34-27-18-14-23-15-19-28-25-8-4-6-10-30(25)36(2,3)35(28)33(23)26(27)20-21-32(34)37;16-13(10-6-2-1-3-7-10)15-14(17)11-8-4-5-9-12(11)18-15/h4-21H,1-3H3;1-9,16H,17H2. The number of nitrogens with two attached hydrogens (primary N) is 1. The molecule has 0 aliphatic heterocycles. The fourth-order valence-electron chi connectivity index (χ4n) is 8.93. The van der Waals surface area contributed by atoms with Crippen molar-refractivity contribution < 1.29 is 0 Å². The maximum Gasteiger partial charge on any atom is 0.0805 e. The second-order valence-corrected chi connectivity index (χ2v) is 16.2. The molecule has 55 heavy (non-hydrogen) atoms. The Morgan fingerprint density at radius 2 is 1.24 bits per heavy atom. The van der Waals surface area contributed by atoms with Crippen molar-refractivity contribution >= 4 is 76.2 Å². The fourth-order valence-corrected chi connectivity index (χ4v) is 10.0. The molecule has 10 aromatic rings. The van der Waals surface area contributed by atoms with Crippen LogP contribution in [0.5, 0.6) is 0 Å². The lowest BCUT2D eigenvalue weighted by Crippen LogP contribution is -2.15. The Morgan fingerprint density at radius 1 is 0.582 bits per heavy atom. The third kappa shape index (κ3) is 5.06. The van der Waals surface area contributed by atoms with Crippen LogP contribution < -0.4 is 5.73 Å². The molecule has 0 saturated heterocycles. The second-order valence-electron chi connectivity index (χ2n) is 15.1. The summed E-state index contributed by atoms with van der Waals surface area (Å²) in [6, 6.07) is 58.4. The molecule has 3 N–H and O–H groups in total. The van der Waals surface area contributed by atoms with Gasteiger partial charge in [0.1, 0.15) is 0 Å². The van der Waals surface area contributed by atoms with Crippen LogP contribution in [0.2, 0.25) is 0 Å². The van der Waals surface area contributed by atoms with Crippen molar-refractivity contribution in [3.05, 3.63) is 191 Å². The van der Waals surface area contributed by atoms with Crippen molar-refractivity contribution in [1.82, 2.24) is 4.57 Å². The monoisotopic (exact) mass is 725 g/mol. The fraction of sp³-hybridized carbons (Fsp3) is 0.0784. The molecule has 0 saturated carbocycles. The highest BCUT2D eigenvalue weighted by Gasteiger charge is 2.37. The summed E-state index contributed by atoms with van der Waals surface area (Å²) in [5.41, 5.74) is 18.8. The van der Waals surface area contributed by atoms with Crippen LogP contribution in [0.15, 0.2) is 164 Å². The smallest absolute Gasteiger partial charge is 0.0805 e. The number of fused-ring (bicyclic) bond motifs is 12. The Bertz CT molecular complexity index is 3150. The topological polar surface area (TPSA) is 54.8 Å². The number of nitrogens with one attached hydrogen (secondary N) is 1. The number of anilines is 1. The number of nitrogen functional groups attached to an aromatic ring is 1. The number of aryl methyl sites for hydroxylation is 1. The van der Waals surface area contributed by atoms with Crippen molar-refractivity contribution in [1.29, 1.82) is 5.41 Å². The summed E-state index contributed by atoms with van der Waals surface area (Å²) in [5, 5.41) is 17.3. The van der Waals surface area contributed by atoms with Gasteiger partial charge in [-0.2, -0.15) is 0 Å². The van der Waals surface area contributed by atoms with Gasteiger partial charge in [0.25, 0.3) is 0 Å². The van der Waals surface area contributed by atoms with Gasteiger partial charge in [0, 0.05) is 37.5 Å². The van der Waals surface area contributed by atoms with Crippen LogP contribution in [0.25, 0.3) is 70.3 Å². The molecule has 0 amide bonds. The quantitative estimate of drug-likeness (QED) is 0.138. The first kappa shape index (κ1) is 33.1. The molecule has 1 aliphatic rings. The Labute approximate surface area is 324 Å². The van der Waals surface area contributed by atoms with E-state index in [-0.39, 0.29) is 5.41 Å². The van der Waals surface area contributed by atoms with Gasteiger partial charge in [-0.25, -0.2) is 0 Å². The summed E-state index contributed by atoms with van der Waals surface area (Å²) in [5.74, 6) is 0. The number of thiophene rings is 1. The summed E-state index contributed by atoms with van der Waals surface area (Å²) >= 11 is 1.58. The molecule has 0 spiro atoms. The number of nitrogens with zero attached hydrogens (tertiary/aromatic N) is 1. The molecule has 0 fully saturated rings. The van der Waals surface area contributed by atoms with Crippen LogP contribution in [-0.4, -0.2) is 10.3 Å². The molecule has 0 bridgehead atoms. The van der Waals surface area contributed by atoms with E-state index in [2.05, 4.69) is 135 Å². The molecule has 4 heteroatoms. The van der Waals surface area contributed by atoms with Crippen LogP contribution in [0.1, 0.15) is 41.0 Å². The summed E-state index contributed by atoms with van der Waals surface area (Å²) in [7, 11) is 0. The van der Waals surface area contributed by atoms with Gasteiger partial charge in [-0.05, 0) is 81.1 Å². The summed E-state index contributed by atoms with van der Waals surface area (Å²) in [6.07, 6.45) is 0. The molecule has 0 unspecified atom stereocenters. The first-order valence-electron chi connectivity index (χ1n) is 18.8. The van der Waals surface area contributed by atoms with Gasteiger partial charge in [0.2, 0.25) is 0 Å². The first-order valence-corrected chi connectivity index (χ1v) is 19.6. The normalized spacial score (nSPS) is 12.9. The third-order valence-corrected chi connectivity index (χ3v) is 12.8. The Balaban J connectivity index is 0.000000174. The summed E-state index contributed by atoms with van der Waals surface area (Å²) in [6.45, 7) is 6.92. The SMILES string of the molecule is Cc1ccc(-n2c3ccccc3c3c4ccc5ccc6c(c5c4ccc32)C(C)(C)c2ccccc2-6)cc1.N=C(c1ccccc1)c1sc2ccccc2c1N. The molecule has 3 nitrogen and oxygen atoms in total. The van der Waals surface area contributed by atoms with E-state index in [0.717, 1.165) is 20.5 Å². The molecule has 11 rings (SSSR count). The van der Waals surface area contributed by atoms with Crippen LogP contribution in [-0.2, 0) is 5.41 Å². The van der Waals surface area contributed by atoms with E-state index in [1.54, 1.807) is 11.3 Å². The number of hydrogen-bond donors (Lipinski definition) is 2. The minimum atomic E-state index is -0.0510. The second kappa shape index (κ2) is 12.5. The molecule has 8 aromatic carbocycles. The molecule has 0 atom stereocenters. The third-order valence-electron chi connectivity index (χ3n) is 11.5. The minimum absolute atomic E-state index is 0.0510. The van der Waals surface area contributed by atoms with Crippen LogP contribution >= 0.6 is 11.3 Å². The van der Waals surface area contributed by atoms with Gasteiger partial charge in [-0.1, -0.05) is 153 Å². The number of hydrogen-bond acceptors (Lipinski definition) is 3. The Hall–Kier alpha value is -6.49. The first-order chi connectivity index (χ1) is 26.8. The Morgan fingerprint density at radius 3 is 2.04 bits per heavy atom. The van der Waals surface area contributed by atoms with E-state index in [0.29, 0.717) is 11.4 Å². The molecular weight excluding hydrogens is 687 g/mol. The van der Waals surface area contributed by atoms with Gasteiger partial charge in [-0.15, -0.1) is 11.3 Å². The lowest BCUT2D eigenvalue weighted by Gasteiger charge is -2.24. The predicted octanol–water partition coefficient (Wildman–Crippen LogP) is 13.6. The van der Waals surface area contributed by atoms with Gasteiger partial charge < -0.3 is 10.3 Å². The maximum atomic E-state index is 8.27. The molecule has 1 aliphatic carbocycles. The number of rotatable bonds is 3. The molecule has 0 radical (unpaired) electrons. The summed E-state index contributed by atoms with van der Waals surface area (Å²) < 4.78 is 3.55. The lowest BCUT2D eigenvalue weighted by atomic mass is 9.79. The zero-order valence-corrected chi connectivity index (χ0v) is 31.8. The van der Waals surface area contributed by atoms with Gasteiger partial charge in [0.15, 0.2) is 0 Å². The highest BCUT2D eigenvalue weighted by Crippen LogP contribution is 2.53. The van der Waals surface area contributed by atoms with Crippen molar-refractivity contribution in [3.8, 4) is 16.8 Å². The van der Waals surface area contributed by atoms with Crippen molar-refractivity contribution in [3.63, 3.8) is 0 Å². The summed E-state index contributed by atoms with van der Waals surface area (Å²) in [4.78, 5) is 0.849. The highest BCUT2D eigenvalue weighted by molar-refractivity contribution is 7.21. The van der Waals surface area contributed by atoms with Crippen LogP contribution in [0.4, 0.5) is 5.69 Å². The van der Waals surface area contributed by atoms with Crippen molar-refractivity contribution in [2.24, 2.45) is 0 Å². The zero-order chi connectivity index (χ0) is 37.4. The Kier molecular flexibility index (Phi) is 7.55. The minimum Gasteiger partial charge on any atom is -0.397 e. The van der Waals surface area contributed by atoms with E-state index in [1.165, 1.54) is 76.9 Å². The number of benzene rings is 8. The van der Waals surface area contributed by atoms with Gasteiger partial charge in [-0.3, -0.25) is 5.41 Å². The maximum absolute atomic E-state index is 8.27. The van der Waals surface area contributed by atoms with E-state index < -0.39 is 0 Å². The van der Waals surface area contributed by atoms with E-state index in [1.807, 2.05) is 54.6 Å². The van der Waals surface area contributed by atoms with E-state index >= 15 is 0 Å². The van der Waals surface area contributed by atoms with Crippen molar-refractivity contribution in [2.75, 3.05) is 5.73 Å². The molecule has 2 aromatic heterocycles. The highest BCUT2D eigenvalue weighted by atomic mass is 32.1. The molecule has 2 heterocycles. The van der Waals surface area contributed by atoms with Crippen LogP contribution in [0, 0.1) is 12.3 Å². The van der Waals surface area contributed by atoms with Crippen LogP contribution in [0.3, 0.4) is 0 Å². The van der Waals surface area contributed by atoms with Gasteiger partial charge >= 0.3 is 0 Å². The van der Waals surface area contributed by atoms with E-state index in [4.69, 9.17) is 11.1 Å². The zero-order valence-electron chi connectivity index (χ0n) is 31.0.